The van der Waals surface area contributed by atoms with Crippen molar-refractivity contribution in [3.63, 3.8) is 0 Å². The first-order chi connectivity index (χ1) is 18.1. The van der Waals surface area contributed by atoms with Gasteiger partial charge in [0.25, 0.3) is 5.91 Å². The molecule has 1 aliphatic heterocycles. The van der Waals surface area contributed by atoms with Crippen LogP contribution in [0, 0.1) is 0 Å². The molecule has 7 heteroatoms. The van der Waals surface area contributed by atoms with Crippen LogP contribution in [0.15, 0.2) is 79.1 Å². The molecule has 0 radical (unpaired) electrons. The Balaban J connectivity index is 0.00000294. The van der Waals surface area contributed by atoms with Gasteiger partial charge in [-0.2, -0.15) is 0 Å². The summed E-state index contributed by atoms with van der Waals surface area (Å²) in [6.07, 6.45) is 5.49. The van der Waals surface area contributed by atoms with Crippen LogP contribution in [-0.4, -0.2) is 31.6 Å². The fourth-order valence-electron chi connectivity index (χ4n) is 5.75. The number of ether oxygens (including phenoxy) is 2. The van der Waals surface area contributed by atoms with Gasteiger partial charge in [0.15, 0.2) is 30.4 Å². The van der Waals surface area contributed by atoms with E-state index in [1.54, 1.807) is 14.2 Å². The Morgan fingerprint density at radius 3 is 2.45 bits per heavy atom. The summed E-state index contributed by atoms with van der Waals surface area (Å²) < 4.78 is 13.6. The van der Waals surface area contributed by atoms with E-state index in [2.05, 4.69) is 34.9 Å². The first kappa shape index (κ1) is 26.3. The minimum absolute atomic E-state index is 0. The quantitative estimate of drug-likeness (QED) is 0.335. The fourth-order valence-corrected chi connectivity index (χ4v) is 5.87. The van der Waals surface area contributed by atoms with Crippen LogP contribution in [0.2, 0.25) is 5.02 Å². The number of methoxy groups -OCH3 is 2. The highest BCUT2D eigenvalue weighted by Crippen LogP contribution is 2.52. The number of aromatic nitrogens is 1. The van der Waals surface area contributed by atoms with Gasteiger partial charge in [-0.1, -0.05) is 48.0 Å². The van der Waals surface area contributed by atoms with Gasteiger partial charge in [0, 0.05) is 34.8 Å². The van der Waals surface area contributed by atoms with Crippen molar-refractivity contribution in [2.45, 2.75) is 25.4 Å². The number of nitrogens with zero attached hydrogens (tertiary/aromatic N) is 2. The van der Waals surface area contributed by atoms with Crippen LogP contribution in [0.4, 0.5) is 0 Å². The molecule has 1 aromatic heterocycles. The van der Waals surface area contributed by atoms with Crippen LogP contribution in [-0.2, 0) is 19.4 Å². The first-order valence-electron chi connectivity index (χ1n) is 12.5. The Kier molecular flexibility index (Phi) is 7.46. The van der Waals surface area contributed by atoms with Gasteiger partial charge in [0.1, 0.15) is 0 Å². The molecular weight excluding hydrogens is 564 g/mol. The third-order valence-electron chi connectivity index (χ3n) is 7.50. The van der Waals surface area contributed by atoms with Gasteiger partial charge in [-0.3, -0.25) is 4.79 Å². The number of hydrogen-bond acceptors (Lipinski definition) is 3. The van der Waals surface area contributed by atoms with Crippen LogP contribution >= 0.6 is 11.6 Å². The molecule has 5 nitrogen and oxygen atoms in total. The van der Waals surface area contributed by atoms with E-state index in [1.165, 1.54) is 16.7 Å². The Hall–Kier alpha value is -3.35. The molecule has 38 heavy (non-hydrogen) atoms. The summed E-state index contributed by atoms with van der Waals surface area (Å²) in [7, 11) is 3.36. The highest BCUT2D eigenvalue weighted by atomic mass is 79.9. The van der Waals surface area contributed by atoms with Gasteiger partial charge < -0.3 is 31.4 Å². The van der Waals surface area contributed by atoms with Crippen molar-refractivity contribution in [3.8, 4) is 22.6 Å². The largest absolute Gasteiger partial charge is 1.00 e. The smallest absolute Gasteiger partial charge is 0.254 e. The molecule has 1 atom stereocenters. The summed E-state index contributed by atoms with van der Waals surface area (Å²) in [5.41, 5.74) is 7.68. The Morgan fingerprint density at radius 1 is 1.00 bits per heavy atom. The van der Waals surface area contributed by atoms with E-state index in [9.17, 15) is 4.79 Å². The van der Waals surface area contributed by atoms with E-state index in [0.29, 0.717) is 18.7 Å². The lowest BCUT2D eigenvalue weighted by molar-refractivity contribution is -0.688. The van der Waals surface area contributed by atoms with E-state index in [-0.39, 0.29) is 28.9 Å². The molecule has 2 heterocycles. The summed E-state index contributed by atoms with van der Waals surface area (Å²) in [5, 5.41) is 0.724. The van der Waals surface area contributed by atoms with E-state index in [4.69, 9.17) is 21.1 Å². The average Bonchev–Trinajstić information content (AvgIpc) is 2.94. The Labute approximate surface area is 238 Å². The van der Waals surface area contributed by atoms with E-state index < -0.39 is 0 Å². The molecule has 0 N–H and O–H groups in total. The molecule has 0 spiro atoms. The predicted molar refractivity (Wildman–Crippen MR) is 143 cm³/mol. The predicted octanol–water partition coefficient (Wildman–Crippen LogP) is 2.66. The second-order valence-corrected chi connectivity index (χ2v) is 10.0. The summed E-state index contributed by atoms with van der Waals surface area (Å²) in [4.78, 5) is 15.9. The zero-order chi connectivity index (χ0) is 25.5. The van der Waals surface area contributed by atoms with Crippen LogP contribution in [0.3, 0.4) is 0 Å². The molecule has 0 bridgehead atoms. The van der Waals surface area contributed by atoms with Gasteiger partial charge in [-0.15, -0.1) is 0 Å². The Morgan fingerprint density at radius 2 is 1.74 bits per heavy atom. The monoisotopic (exact) mass is 590 g/mol. The molecule has 1 unspecified atom stereocenters. The maximum absolute atomic E-state index is 13.9. The van der Waals surface area contributed by atoms with Crippen molar-refractivity contribution < 1.29 is 35.8 Å². The topological polar surface area (TPSA) is 42.7 Å². The highest BCUT2D eigenvalue weighted by Gasteiger charge is 2.39. The lowest BCUT2D eigenvalue weighted by atomic mass is 9.76. The lowest BCUT2D eigenvalue weighted by Crippen LogP contribution is -3.00. The molecule has 1 aliphatic carbocycles. The molecule has 0 fully saturated rings. The van der Waals surface area contributed by atoms with Gasteiger partial charge in [-0.05, 0) is 53.3 Å². The average molecular weight is 592 g/mol. The number of halogens is 2. The van der Waals surface area contributed by atoms with Crippen molar-refractivity contribution in [1.29, 1.82) is 0 Å². The molecule has 194 valence electrons. The molecule has 1 amide bonds. The molecule has 2 aliphatic rings. The molecule has 4 aromatic rings. The molecule has 6 rings (SSSR count). The summed E-state index contributed by atoms with van der Waals surface area (Å²) in [5.74, 6) is 1.52. The third kappa shape index (κ3) is 4.56. The minimum atomic E-state index is -0.0534. The van der Waals surface area contributed by atoms with Crippen LogP contribution in [0.25, 0.3) is 11.1 Å². The van der Waals surface area contributed by atoms with Crippen molar-refractivity contribution in [2.24, 2.45) is 0 Å². The summed E-state index contributed by atoms with van der Waals surface area (Å²) >= 11 is 6.01. The minimum Gasteiger partial charge on any atom is -1.00 e. The number of fused-ring (bicyclic) bond motifs is 2. The van der Waals surface area contributed by atoms with Gasteiger partial charge in [-0.25, -0.2) is 4.57 Å². The van der Waals surface area contributed by atoms with E-state index in [1.807, 2.05) is 53.7 Å². The second-order valence-electron chi connectivity index (χ2n) is 9.57. The number of hydrogen-bond donors (Lipinski definition) is 0. The molecular formula is C31H28BrClN2O3. The maximum atomic E-state index is 13.9. The standard InChI is InChI=1S/C31H28ClN2O3.BrH/c1-36-27-18-23-13-16-34(26-17-22-5-3-4-6-25(22)29(28(23)26)30(27)37-2)31(35)21-11-14-33(15-12-21)19-20-7-9-24(32)10-8-20;/h3-12,14-15,18,26H,13,16-17,19H2,1-2H3;1H/q+1;/p-1. The van der Waals surface area contributed by atoms with Crippen molar-refractivity contribution in [3.05, 3.63) is 112 Å². The highest BCUT2D eigenvalue weighted by molar-refractivity contribution is 6.30. The molecule has 0 saturated heterocycles. The Bertz CT molecular complexity index is 1490. The van der Waals surface area contributed by atoms with Gasteiger partial charge in [0.2, 0.25) is 0 Å². The fraction of sp³-hybridized carbons (Fsp3) is 0.226. The molecule has 3 aromatic carbocycles. The number of benzene rings is 3. The van der Waals surface area contributed by atoms with Gasteiger partial charge >= 0.3 is 0 Å². The number of amides is 1. The summed E-state index contributed by atoms with van der Waals surface area (Å²) in [6, 6.07) is 22.1. The van der Waals surface area contributed by atoms with Crippen molar-refractivity contribution in [2.75, 3.05) is 20.8 Å². The SMILES string of the molecule is COc1cc2c3c(c1OC)-c1ccccc1CC3N(C(=O)c1cc[n+](Cc3ccc(Cl)cc3)cc1)CC2.[Br-]. The molecule has 0 saturated carbocycles. The zero-order valence-corrected chi connectivity index (χ0v) is 23.6. The maximum Gasteiger partial charge on any atom is 0.254 e. The second kappa shape index (κ2) is 10.8. The first-order valence-corrected chi connectivity index (χ1v) is 12.9. The van der Waals surface area contributed by atoms with E-state index >= 15 is 0 Å². The normalized spacial score (nSPS) is 15.1. The van der Waals surface area contributed by atoms with Crippen LogP contribution < -0.4 is 31.0 Å². The van der Waals surface area contributed by atoms with Gasteiger partial charge in [0.05, 0.1) is 25.8 Å². The number of pyridine rings is 1. The van der Waals surface area contributed by atoms with Crippen molar-refractivity contribution in [1.82, 2.24) is 4.90 Å². The zero-order valence-electron chi connectivity index (χ0n) is 21.3. The number of carbonyl (C=O) groups is 1. The third-order valence-corrected chi connectivity index (χ3v) is 7.76. The number of rotatable bonds is 5. The van der Waals surface area contributed by atoms with Crippen LogP contribution in [0.1, 0.15) is 38.7 Å². The van der Waals surface area contributed by atoms with Crippen LogP contribution in [0.5, 0.6) is 11.5 Å². The summed E-state index contributed by atoms with van der Waals surface area (Å²) in [6.45, 7) is 1.38. The van der Waals surface area contributed by atoms with Crippen molar-refractivity contribution >= 4 is 17.5 Å². The lowest BCUT2D eigenvalue weighted by Gasteiger charge is -2.42. The number of carbonyl (C=O) groups excluding carboxylic acids is 1. The van der Waals surface area contributed by atoms with E-state index in [0.717, 1.165) is 46.1 Å².